The number of hydrogen-bond acceptors (Lipinski definition) is 13. The monoisotopic (exact) mass is 1310 g/mol. The minimum Gasteiger partial charge on any atom is -0.480 e. The van der Waals surface area contributed by atoms with Gasteiger partial charge in [-0.1, -0.05) is 108 Å². The highest BCUT2D eigenvalue weighted by Crippen LogP contribution is 2.36. The third-order valence-corrected chi connectivity index (χ3v) is 9.29. The van der Waals surface area contributed by atoms with E-state index in [9.17, 15) is 19.2 Å². The predicted octanol–water partition coefficient (Wildman–Crippen LogP) is 13.5. The van der Waals surface area contributed by atoms with E-state index in [2.05, 4.69) is 192 Å². The Labute approximate surface area is 493 Å². The molecule has 444 valence electrons. The first-order valence-corrected chi connectivity index (χ1v) is 27.2. The number of alkyl halides is 4. The molecule has 3 aliphatic rings. The number of ether oxygens (including phenoxy) is 1. The van der Waals surface area contributed by atoms with Crippen LogP contribution >= 0.6 is 63.7 Å². The molecule has 0 bridgehead atoms. The average molecular weight is 1320 g/mol. The summed E-state index contributed by atoms with van der Waals surface area (Å²) >= 11 is 11.8. The van der Waals surface area contributed by atoms with Crippen molar-refractivity contribution >= 4 is 106 Å². The lowest BCUT2D eigenvalue weighted by Gasteiger charge is -2.32. The molecule has 0 saturated carbocycles. The molecule has 0 aromatic rings. The number of esters is 1. The maximum absolute atomic E-state index is 10.8. The molecular formula is C55H115BBr4N6O8. The number of likely N-dealkylation sites (N-methyl/N-ethyl adjacent to an activating group) is 2. The zero-order valence-electron chi connectivity index (χ0n) is 45.8. The highest BCUT2D eigenvalue weighted by molar-refractivity contribution is 9.09. The van der Waals surface area contributed by atoms with Crippen LogP contribution in [0.15, 0.2) is 33.5 Å². The molecule has 1 saturated heterocycles. The summed E-state index contributed by atoms with van der Waals surface area (Å²) in [7, 11) is 7.12. The lowest BCUT2D eigenvalue weighted by atomic mass is 9.90. The Bertz CT molecular complexity index is 1480. The molecular weight excluding hydrogens is 1200 g/mol. The van der Waals surface area contributed by atoms with Crippen LogP contribution in [0.1, 0.15) is 161 Å². The first-order chi connectivity index (χ1) is 31.7. The highest BCUT2D eigenvalue weighted by atomic mass is 79.9. The molecule has 4 atom stereocenters. The van der Waals surface area contributed by atoms with Crippen LogP contribution in [0, 0.1) is 37.0 Å². The average Bonchev–Trinajstić information content (AvgIpc) is 4.02. The van der Waals surface area contributed by atoms with Gasteiger partial charge in [-0.25, -0.2) is 0 Å². The molecule has 19 heteroatoms. The van der Waals surface area contributed by atoms with Crippen molar-refractivity contribution in [1.29, 1.82) is 0 Å². The van der Waals surface area contributed by atoms with Gasteiger partial charge in [-0.3, -0.25) is 29.2 Å². The van der Waals surface area contributed by atoms with Crippen molar-refractivity contribution in [2.75, 3.05) is 57.6 Å². The summed E-state index contributed by atoms with van der Waals surface area (Å²) in [6.07, 6.45) is 18.6. The van der Waals surface area contributed by atoms with E-state index in [1.807, 2.05) is 64.7 Å². The second-order valence-corrected chi connectivity index (χ2v) is 15.2. The number of nitrogens with one attached hydrogen (secondary N) is 4. The van der Waals surface area contributed by atoms with Gasteiger partial charge in [-0.2, -0.15) is 0 Å². The van der Waals surface area contributed by atoms with Crippen molar-refractivity contribution in [2.45, 2.75) is 203 Å². The summed E-state index contributed by atoms with van der Waals surface area (Å²) in [6.45, 7) is 29.9. The molecule has 0 aromatic carbocycles. The van der Waals surface area contributed by atoms with Crippen LogP contribution in [-0.4, -0.2) is 140 Å². The van der Waals surface area contributed by atoms with Crippen molar-refractivity contribution in [2.24, 2.45) is 9.98 Å². The Hall–Kier alpha value is -2.48. The maximum Gasteiger partial charge on any atom is 0.454 e. The zero-order chi connectivity index (χ0) is 56.2. The van der Waals surface area contributed by atoms with Crippen molar-refractivity contribution < 1.29 is 38.3 Å². The first kappa shape index (κ1) is 111. The van der Waals surface area contributed by atoms with E-state index in [0.717, 1.165) is 12.8 Å². The molecule has 14 nitrogen and oxygen atoms in total. The second kappa shape index (κ2) is 77.0. The summed E-state index contributed by atoms with van der Waals surface area (Å²) in [5.74, 6) is 11.9. The number of rotatable bonds is 11. The van der Waals surface area contributed by atoms with Gasteiger partial charge in [0.2, 0.25) is 0 Å². The van der Waals surface area contributed by atoms with Gasteiger partial charge < -0.3 is 40.4 Å². The van der Waals surface area contributed by atoms with Crippen molar-refractivity contribution in [3.05, 3.63) is 23.5 Å². The van der Waals surface area contributed by atoms with Crippen LogP contribution in [-0.2, 0) is 33.2 Å². The number of carboxylic acids is 1. The molecule has 3 aliphatic heterocycles. The Morgan fingerprint density at radius 3 is 1.08 bits per heavy atom. The van der Waals surface area contributed by atoms with E-state index in [1.165, 1.54) is 36.4 Å². The SMILES string of the molecule is C.C.C.C.C.C.C#C.C#CC.CB1OC(C)(C)C(C)(C)O1.CBr.CBr.CBr.CC#CC.CC(=O)CBr.CN[C@@H](C)C(=O)O.CN[C@@H](C)C(=O)OCC(C)=O.CN[C@@H](C)C1=NC=C(C)C1.CN[C@@H](C)C1=NC=C(C)C1. The third kappa shape index (κ3) is 73.8. The topological polar surface area (TPSA) is 189 Å². The van der Waals surface area contributed by atoms with Crippen LogP contribution in [0.3, 0.4) is 0 Å². The molecule has 74 heavy (non-hydrogen) atoms. The quantitative estimate of drug-likeness (QED) is 0.0571. The number of hydrogen-bond donors (Lipinski definition) is 5. The van der Waals surface area contributed by atoms with Gasteiger partial charge in [0.05, 0.1) is 16.5 Å². The van der Waals surface area contributed by atoms with Crippen LogP contribution in [0.5, 0.6) is 0 Å². The van der Waals surface area contributed by atoms with Crippen molar-refractivity contribution in [3.8, 4) is 37.0 Å². The number of halogens is 4. The maximum atomic E-state index is 10.8. The number of carbonyl (C=O) groups is 4. The fraction of sp³-hybridized carbons (Fsp3) is 0.709. The number of carbonyl (C=O) groups excluding carboxylic acids is 3. The summed E-state index contributed by atoms with van der Waals surface area (Å²) in [5, 5.41) is 20.2. The highest BCUT2D eigenvalue weighted by Gasteiger charge is 2.48. The number of carboxylic acid groups (broad SMARTS) is 1. The van der Waals surface area contributed by atoms with Gasteiger partial charge in [-0.15, -0.1) is 37.0 Å². The molecule has 0 aromatic heterocycles. The Morgan fingerprint density at radius 2 is 0.959 bits per heavy atom. The van der Waals surface area contributed by atoms with Crippen LogP contribution in [0.2, 0.25) is 6.82 Å². The molecule has 0 aliphatic carbocycles. The minimum atomic E-state index is -0.817. The number of nitrogens with zero attached hydrogens (tertiary/aromatic N) is 2. The van der Waals surface area contributed by atoms with Gasteiger partial charge in [0.25, 0.3) is 0 Å². The molecule has 5 N–H and O–H groups in total. The Balaban J connectivity index is -0.0000000409. The van der Waals surface area contributed by atoms with Gasteiger partial charge in [-0.05, 0) is 168 Å². The fourth-order valence-electron chi connectivity index (χ4n) is 3.68. The van der Waals surface area contributed by atoms with E-state index in [1.54, 1.807) is 34.9 Å². The molecule has 0 spiro atoms. The minimum absolute atomic E-state index is 0. The Morgan fingerprint density at radius 1 is 0.689 bits per heavy atom. The molecule has 0 radical (unpaired) electrons. The molecule has 0 unspecified atom stereocenters. The third-order valence-electron chi connectivity index (χ3n) is 8.50. The molecule has 0 amide bonds. The van der Waals surface area contributed by atoms with Gasteiger partial charge in [0.1, 0.15) is 24.5 Å². The number of terminal acetylenes is 2. The summed E-state index contributed by atoms with van der Waals surface area (Å²) in [4.78, 5) is 49.4. The number of ketones is 2. The first-order valence-electron chi connectivity index (χ1n) is 21.3. The smallest absolute Gasteiger partial charge is 0.454 e. The zero-order valence-corrected chi connectivity index (χ0v) is 52.2. The van der Waals surface area contributed by atoms with Gasteiger partial charge in [0, 0.05) is 48.7 Å². The number of Topliss-reactive ketones (excluding diaryl/α,β-unsaturated/α-hetero) is 2. The second-order valence-electron chi connectivity index (χ2n) is 14.7. The van der Waals surface area contributed by atoms with Crippen LogP contribution in [0.4, 0.5) is 0 Å². The summed E-state index contributed by atoms with van der Waals surface area (Å²) in [5.41, 5.74) is 4.90. The normalized spacial score (nSPS) is 13.6. The Kier molecular flexibility index (Phi) is 116. The van der Waals surface area contributed by atoms with Crippen molar-refractivity contribution in [3.63, 3.8) is 0 Å². The van der Waals surface area contributed by atoms with Gasteiger partial charge in [0.15, 0.2) is 5.78 Å². The van der Waals surface area contributed by atoms with E-state index >= 15 is 0 Å². The van der Waals surface area contributed by atoms with Crippen LogP contribution in [0.25, 0.3) is 0 Å². The predicted molar refractivity (Wildman–Crippen MR) is 350 cm³/mol. The molecule has 1 fully saturated rings. The standard InChI is InChI=1S/2C8H14N2.C7H15BO2.C7H13NO3.C4H9NO2.C4H6.C3H5BrO.C3H4.C2H2.3CH3Br.6CH4/c2*1-6-4-8(10-5-6)7(2)9-3;1-6(2)7(3,4)10-8(5)9-6;1-5(9)4-11-7(10)6(2)8-3;1-3(5-2)4(6)7;1-3-4-2;1-3(5)2-4;1-3-2;4*1-2;;;;;;/h2*5,7,9H,4H2,1-3H3;1-5H3;6,8H,4H2,1-3H3;3,5H,1-2H3,(H,6,7);1-2H3;2H2,1H3;1H,2H3;1-2H;3*1H3;6*1H4/t2*7-;;6-;3-;;;;;;;;;;;;;/m00.00............./s1. The van der Waals surface area contributed by atoms with E-state index in [0.29, 0.717) is 17.4 Å². The van der Waals surface area contributed by atoms with Crippen LogP contribution < -0.4 is 21.3 Å². The lowest BCUT2D eigenvalue weighted by molar-refractivity contribution is -0.149. The molecule has 3 heterocycles. The summed E-state index contributed by atoms with van der Waals surface area (Å²) in [6, 6.07) is 0.0664. The van der Waals surface area contributed by atoms with E-state index in [4.69, 9.17) is 14.4 Å². The van der Waals surface area contributed by atoms with Crippen molar-refractivity contribution in [1.82, 2.24) is 21.3 Å². The number of aliphatic carboxylic acids is 1. The lowest BCUT2D eigenvalue weighted by Crippen LogP contribution is -2.41. The van der Waals surface area contributed by atoms with E-state index in [-0.39, 0.29) is 87.1 Å². The molecule has 3 rings (SSSR count). The number of aliphatic imine (C=N–C) groups is 2. The fourth-order valence-corrected chi connectivity index (χ4v) is 3.68. The van der Waals surface area contributed by atoms with E-state index < -0.39 is 18.0 Å². The largest absolute Gasteiger partial charge is 0.480 e. The van der Waals surface area contributed by atoms with Gasteiger partial charge >= 0.3 is 19.1 Å². The summed E-state index contributed by atoms with van der Waals surface area (Å²) < 4.78 is 15.7. The number of allylic oxidation sites excluding steroid dienone is 2.